The van der Waals surface area contributed by atoms with Crippen LogP contribution in [0.3, 0.4) is 0 Å². The summed E-state index contributed by atoms with van der Waals surface area (Å²) in [5, 5.41) is 12.8. The number of aromatic nitrogens is 4. The molecule has 0 radical (unpaired) electrons. The van der Waals surface area contributed by atoms with Gasteiger partial charge in [0, 0.05) is 17.5 Å². The van der Waals surface area contributed by atoms with Gasteiger partial charge in [0.2, 0.25) is 5.91 Å². The first-order valence-corrected chi connectivity index (χ1v) is 10.6. The van der Waals surface area contributed by atoms with Crippen molar-refractivity contribution in [3.8, 4) is 11.3 Å². The molecule has 3 aromatic rings. The summed E-state index contributed by atoms with van der Waals surface area (Å²) < 4.78 is 1.52. The fourth-order valence-electron chi connectivity index (χ4n) is 2.24. The number of nitrogens with one attached hydrogen (secondary N) is 2. The Morgan fingerprint density at radius 1 is 1.37 bits per heavy atom. The lowest BCUT2D eigenvalue weighted by Crippen LogP contribution is -2.18. The number of halogens is 2. The number of thioether (sulfide) groups is 1. The average molecular weight is 444 g/mol. The van der Waals surface area contributed by atoms with Crippen molar-refractivity contribution in [3.05, 3.63) is 44.1 Å². The molecule has 2 heterocycles. The molecular weight excluding hydrogens is 429 g/mol. The molecular formula is C16H15Cl2N5O2S2. The molecule has 1 aromatic carbocycles. The molecule has 0 atom stereocenters. The van der Waals surface area contributed by atoms with Gasteiger partial charge in [-0.3, -0.25) is 9.36 Å². The van der Waals surface area contributed by atoms with E-state index < -0.39 is 0 Å². The molecule has 7 nitrogen and oxygen atoms in total. The van der Waals surface area contributed by atoms with Crippen LogP contribution < -0.4 is 11.0 Å². The fourth-order valence-corrected chi connectivity index (χ4v) is 4.05. The molecule has 0 aliphatic heterocycles. The Morgan fingerprint density at radius 3 is 2.93 bits per heavy atom. The largest absolute Gasteiger partial charge is 0.343 e. The summed E-state index contributed by atoms with van der Waals surface area (Å²) in [6.07, 6.45) is 0.801. The van der Waals surface area contributed by atoms with E-state index in [2.05, 4.69) is 20.5 Å². The molecule has 0 saturated heterocycles. The summed E-state index contributed by atoms with van der Waals surface area (Å²) in [4.78, 5) is 28.2. The van der Waals surface area contributed by atoms with Crippen LogP contribution in [0, 0.1) is 0 Å². The minimum absolute atomic E-state index is 0.121. The molecule has 1 amide bonds. The number of carbonyl (C=O) groups excluding carboxylic acids is 1. The van der Waals surface area contributed by atoms with Crippen LogP contribution >= 0.6 is 46.3 Å². The number of nitrogens with zero attached hydrogens (tertiary/aromatic N) is 3. The Labute approximate surface area is 173 Å². The number of carbonyl (C=O) groups is 1. The van der Waals surface area contributed by atoms with Gasteiger partial charge in [0.1, 0.15) is 0 Å². The lowest BCUT2D eigenvalue weighted by Gasteiger charge is -2.03. The minimum atomic E-state index is -0.272. The van der Waals surface area contributed by atoms with E-state index in [1.807, 2.05) is 18.4 Å². The third-order valence-electron chi connectivity index (χ3n) is 3.47. The molecule has 3 rings (SSSR count). The van der Waals surface area contributed by atoms with Gasteiger partial charge >= 0.3 is 5.69 Å². The van der Waals surface area contributed by atoms with E-state index >= 15 is 0 Å². The molecule has 0 unspecified atom stereocenters. The summed E-state index contributed by atoms with van der Waals surface area (Å²) in [7, 11) is 0. The predicted octanol–water partition coefficient (Wildman–Crippen LogP) is 4.14. The maximum atomic E-state index is 12.2. The van der Waals surface area contributed by atoms with Crippen LogP contribution in [0.15, 0.2) is 33.5 Å². The SMILES string of the molecule is CCCn1c(SCC(=O)Nc2nc(-c3ccc(Cl)c(Cl)c3)cs2)n[nH]c1=O. The molecule has 11 heteroatoms. The molecule has 27 heavy (non-hydrogen) atoms. The van der Waals surface area contributed by atoms with E-state index in [4.69, 9.17) is 23.2 Å². The van der Waals surface area contributed by atoms with Crippen molar-refractivity contribution in [1.82, 2.24) is 19.7 Å². The highest BCUT2D eigenvalue weighted by Gasteiger charge is 2.13. The zero-order valence-corrected chi connectivity index (χ0v) is 17.3. The maximum absolute atomic E-state index is 12.2. The lowest BCUT2D eigenvalue weighted by molar-refractivity contribution is -0.113. The minimum Gasteiger partial charge on any atom is -0.301 e. The average Bonchev–Trinajstić information content (AvgIpc) is 3.24. The summed E-state index contributed by atoms with van der Waals surface area (Å²) in [6.45, 7) is 2.52. The highest BCUT2D eigenvalue weighted by molar-refractivity contribution is 7.99. The van der Waals surface area contributed by atoms with E-state index in [1.165, 1.54) is 27.7 Å². The number of benzene rings is 1. The number of aromatic amines is 1. The van der Waals surface area contributed by atoms with Gasteiger partial charge in [-0.25, -0.2) is 14.9 Å². The summed E-state index contributed by atoms with van der Waals surface area (Å²) in [5.74, 6) is -0.107. The van der Waals surface area contributed by atoms with Crippen molar-refractivity contribution in [2.45, 2.75) is 25.0 Å². The van der Waals surface area contributed by atoms with Gasteiger partial charge in [0.05, 0.1) is 21.5 Å². The summed E-state index contributed by atoms with van der Waals surface area (Å²) in [5.41, 5.74) is 1.24. The van der Waals surface area contributed by atoms with Gasteiger partial charge in [-0.05, 0) is 18.6 Å². The molecule has 0 aliphatic carbocycles. The van der Waals surface area contributed by atoms with Gasteiger partial charge in [-0.2, -0.15) is 0 Å². The standard InChI is InChI=1S/C16H15Cl2N5O2S2/c1-2-5-23-15(25)21-22-16(23)27-8-13(24)20-14-19-12(7-26-14)9-3-4-10(17)11(18)6-9/h3-4,6-7H,2,5,8H2,1H3,(H,21,25)(H,19,20,24). The topological polar surface area (TPSA) is 92.7 Å². The molecule has 0 fully saturated rings. The van der Waals surface area contributed by atoms with Crippen LogP contribution in [0.1, 0.15) is 13.3 Å². The van der Waals surface area contributed by atoms with Crippen LogP contribution in [0.2, 0.25) is 10.0 Å². The third-order valence-corrected chi connectivity index (χ3v) is 5.94. The predicted molar refractivity (Wildman–Crippen MR) is 110 cm³/mol. The monoisotopic (exact) mass is 443 g/mol. The first-order valence-electron chi connectivity index (χ1n) is 7.96. The number of rotatable bonds is 7. The van der Waals surface area contributed by atoms with E-state index in [9.17, 15) is 9.59 Å². The van der Waals surface area contributed by atoms with E-state index in [0.29, 0.717) is 32.6 Å². The first-order chi connectivity index (χ1) is 13.0. The van der Waals surface area contributed by atoms with Crippen LogP contribution in [-0.2, 0) is 11.3 Å². The van der Waals surface area contributed by atoms with Crippen molar-refractivity contribution >= 4 is 57.3 Å². The zero-order chi connectivity index (χ0) is 19.4. The number of amides is 1. The second kappa shape index (κ2) is 8.92. The lowest BCUT2D eigenvalue weighted by atomic mass is 10.2. The third kappa shape index (κ3) is 4.92. The second-order valence-electron chi connectivity index (χ2n) is 5.47. The molecule has 2 aromatic heterocycles. The molecule has 0 spiro atoms. The number of hydrogen-bond donors (Lipinski definition) is 2. The number of anilines is 1. The highest BCUT2D eigenvalue weighted by Crippen LogP contribution is 2.30. The van der Waals surface area contributed by atoms with Gasteiger partial charge < -0.3 is 5.32 Å². The van der Waals surface area contributed by atoms with E-state index in [-0.39, 0.29) is 17.3 Å². The number of H-pyrrole nitrogens is 1. The normalized spacial score (nSPS) is 10.9. The smallest absolute Gasteiger partial charge is 0.301 e. The van der Waals surface area contributed by atoms with Crippen molar-refractivity contribution in [1.29, 1.82) is 0 Å². The Balaban J connectivity index is 1.61. The molecule has 2 N–H and O–H groups in total. The Bertz CT molecular complexity index is 1010. The van der Waals surface area contributed by atoms with Crippen LogP contribution in [0.5, 0.6) is 0 Å². The second-order valence-corrected chi connectivity index (χ2v) is 8.08. The summed E-state index contributed by atoms with van der Waals surface area (Å²) in [6, 6.07) is 5.24. The van der Waals surface area contributed by atoms with E-state index in [0.717, 1.165) is 12.0 Å². The quantitative estimate of drug-likeness (QED) is 0.535. The number of hydrogen-bond acceptors (Lipinski definition) is 6. The van der Waals surface area contributed by atoms with Gasteiger partial charge in [-0.1, -0.05) is 48.0 Å². The van der Waals surface area contributed by atoms with Crippen molar-refractivity contribution < 1.29 is 4.79 Å². The Morgan fingerprint density at radius 2 is 2.19 bits per heavy atom. The Kier molecular flexibility index (Phi) is 6.59. The van der Waals surface area contributed by atoms with Crippen molar-refractivity contribution in [2.24, 2.45) is 0 Å². The van der Waals surface area contributed by atoms with Crippen LogP contribution in [0.25, 0.3) is 11.3 Å². The van der Waals surface area contributed by atoms with Crippen molar-refractivity contribution in [2.75, 3.05) is 11.1 Å². The Hall–Kier alpha value is -1.81. The van der Waals surface area contributed by atoms with Gasteiger partial charge in [0.25, 0.3) is 0 Å². The van der Waals surface area contributed by atoms with Gasteiger partial charge in [0.15, 0.2) is 10.3 Å². The first kappa shape index (κ1) is 19.9. The van der Waals surface area contributed by atoms with Crippen molar-refractivity contribution in [3.63, 3.8) is 0 Å². The van der Waals surface area contributed by atoms with Crippen LogP contribution in [0.4, 0.5) is 5.13 Å². The molecule has 0 bridgehead atoms. The maximum Gasteiger partial charge on any atom is 0.343 e. The highest BCUT2D eigenvalue weighted by atomic mass is 35.5. The van der Waals surface area contributed by atoms with Gasteiger partial charge in [-0.15, -0.1) is 16.4 Å². The molecule has 0 saturated carbocycles. The summed E-state index contributed by atoms with van der Waals surface area (Å²) >= 11 is 14.5. The van der Waals surface area contributed by atoms with E-state index in [1.54, 1.807) is 12.1 Å². The molecule has 0 aliphatic rings. The molecule has 142 valence electrons. The zero-order valence-electron chi connectivity index (χ0n) is 14.2. The van der Waals surface area contributed by atoms with Crippen LogP contribution in [-0.4, -0.2) is 31.4 Å². The number of thiazole rings is 1. The fraction of sp³-hybridized carbons (Fsp3) is 0.250.